The molecule has 1 aromatic carbocycles. The largest absolute Gasteiger partial charge is 0.440 e. The predicted octanol–water partition coefficient (Wildman–Crippen LogP) is 3.50. The Balaban J connectivity index is 1.39. The number of hydrogen-bond acceptors (Lipinski definition) is 11. The molecule has 1 aliphatic heterocycles. The van der Waals surface area contributed by atoms with Crippen LogP contribution in [0.15, 0.2) is 57.2 Å². The topological polar surface area (TPSA) is 106 Å². The first-order valence-electron chi connectivity index (χ1n) is 11.7. The number of anilines is 3. The van der Waals surface area contributed by atoms with Gasteiger partial charge in [0.15, 0.2) is 0 Å². The fourth-order valence-electron chi connectivity index (χ4n) is 3.64. The zero-order chi connectivity index (χ0) is 24.6. The Hall–Kier alpha value is -2.57. The third-order valence-electron chi connectivity index (χ3n) is 5.77. The van der Waals surface area contributed by atoms with Crippen molar-refractivity contribution in [2.75, 3.05) is 63.6 Å². The van der Waals surface area contributed by atoms with E-state index in [0.29, 0.717) is 23.2 Å². The number of hydrogen-bond donors (Lipinski definition) is 3. The summed E-state index contributed by atoms with van der Waals surface area (Å²) in [5.74, 6) is 1.09. The summed E-state index contributed by atoms with van der Waals surface area (Å²) in [6, 6.07) is 11.2. The molecule has 1 atom stereocenters. The number of benzene rings is 1. The maximum Gasteiger partial charge on any atom is 0.229 e. The van der Waals surface area contributed by atoms with Gasteiger partial charge in [0.1, 0.15) is 5.82 Å². The fourth-order valence-corrected chi connectivity index (χ4v) is 5.14. The molecule has 0 saturated carbocycles. The van der Waals surface area contributed by atoms with Crippen LogP contribution in [-0.4, -0.2) is 83.8 Å². The van der Waals surface area contributed by atoms with Crippen LogP contribution in [0.5, 0.6) is 0 Å². The Morgan fingerprint density at radius 2 is 1.97 bits per heavy atom. The first-order valence-corrected chi connectivity index (χ1v) is 13.7. The molecule has 0 radical (unpaired) electrons. The van der Waals surface area contributed by atoms with Crippen LogP contribution in [0.4, 0.5) is 17.5 Å². The summed E-state index contributed by atoms with van der Waals surface area (Å²) < 4.78 is 16.9. The molecule has 3 heterocycles. The minimum atomic E-state index is -1.38. The van der Waals surface area contributed by atoms with Gasteiger partial charge >= 0.3 is 0 Å². The van der Waals surface area contributed by atoms with Crippen LogP contribution in [0, 0.1) is 0 Å². The normalized spacial score (nSPS) is 16.8. The summed E-state index contributed by atoms with van der Waals surface area (Å²) in [4.78, 5) is 15.5. The highest BCUT2D eigenvalue weighted by molar-refractivity contribution is 7.74. The van der Waals surface area contributed by atoms with Crippen molar-refractivity contribution in [1.29, 1.82) is 0 Å². The van der Waals surface area contributed by atoms with E-state index >= 15 is 0 Å². The third-order valence-corrected chi connectivity index (χ3v) is 7.76. The molecule has 188 valence electrons. The number of likely N-dealkylation sites (N-methyl/N-ethyl adjacent to an activating group) is 1. The third kappa shape index (κ3) is 7.21. The number of aromatic nitrogens is 2. The molecule has 0 unspecified atom stereocenters. The van der Waals surface area contributed by atoms with Gasteiger partial charge in [0.25, 0.3) is 0 Å². The average molecular weight is 515 g/mol. The summed E-state index contributed by atoms with van der Waals surface area (Å²) in [6.07, 6.45) is 1.77. The minimum Gasteiger partial charge on any atom is -0.440 e. The molecule has 1 saturated heterocycles. The van der Waals surface area contributed by atoms with Crippen LogP contribution >= 0.6 is 11.3 Å². The van der Waals surface area contributed by atoms with Gasteiger partial charge in [-0.3, -0.25) is 4.90 Å². The summed E-state index contributed by atoms with van der Waals surface area (Å²) in [7, 11) is 0.749. The molecule has 3 N–H and O–H groups in total. The lowest BCUT2D eigenvalue weighted by Gasteiger charge is -2.32. The highest BCUT2D eigenvalue weighted by Crippen LogP contribution is 2.31. The summed E-state index contributed by atoms with van der Waals surface area (Å²) in [6.45, 7) is 7.48. The van der Waals surface area contributed by atoms with Crippen molar-refractivity contribution in [3.05, 3.63) is 48.0 Å². The van der Waals surface area contributed by atoms with Crippen LogP contribution in [0.3, 0.4) is 0 Å². The van der Waals surface area contributed by atoms with Crippen molar-refractivity contribution in [3.8, 4) is 10.4 Å². The number of piperazine rings is 1. The molecule has 1 aliphatic rings. The highest BCUT2D eigenvalue weighted by Gasteiger charge is 2.13. The fraction of sp³-hybridized carbons (Fsp3) is 0.417. The molecule has 1 fully saturated rings. The van der Waals surface area contributed by atoms with Gasteiger partial charge in [-0.25, -0.2) is 4.98 Å². The van der Waals surface area contributed by atoms with Gasteiger partial charge in [-0.05, 0) is 37.6 Å². The number of nitrogens with one attached hydrogen (secondary N) is 2. The molecule has 2 aromatic heterocycles. The Labute approximate surface area is 212 Å². The lowest BCUT2D eigenvalue weighted by Crippen LogP contribution is -2.45. The summed E-state index contributed by atoms with van der Waals surface area (Å²) in [5, 5.41) is 17.9. The zero-order valence-electron chi connectivity index (χ0n) is 20.1. The van der Waals surface area contributed by atoms with Crippen LogP contribution in [0.1, 0.15) is 6.92 Å². The average Bonchev–Trinajstić information content (AvgIpc) is 3.40. The standard InChI is InChI=1S/C24H32N7O2S2/c1-18(17-32)27-23-21(22-4-3-15-34-22)16-25-24(29-23)28-19-5-7-20(8-6-19)35(33)26-9-10-31-13-11-30(2)12-14-31/h3-8,15-16,18,32H,9-14,17H2,1-2H3,(H2,25,27,28,29)/q-1/t18-/m1/s1. The van der Waals surface area contributed by atoms with Crippen molar-refractivity contribution in [3.63, 3.8) is 0 Å². The Morgan fingerprint density at radius 1 is 1.20 bits per heavy atom. The Kier molecular flexibility index (Phi) is 9.05. The molecular formula is C24H32N7O2S2-. The molecule has 0 bridgehead atoms. The van der Waals surface area contributed by atoms with Gasteiger partial charge in [-0.1, -0.05) is 23.1 Å². The Morgan fingerprint density at radius 3 is 2.66 bits per heavy atom. The van der Waals surface area contributed by atoms with Crippen LogP contribution in [0.25, 0.3) is 10.4 Å². The molecule has 11 heteroatoms. The number of aliphatic hydroxyl groups excluding tert-OH is 1. The monoisotopic (exact) mass is 514 g/mol. The minimum absolute atomic E-state index is 0.00429. The van der Waals surface area contributed by atoms with Gasteiger partial charge in [0.05, 0.1) is 12.2 Å². The van der Waals surface area contributed by atoms with Crippen LogP contribution in [-0.2, 0) is 14.8 Å². The van der Waals surface area contributed by atoms with E-state index in [1.54, 1.807) is 17.5 Å². The first-order chi connectivity index (χ1) is 17.0. The van der Waals surface area contributed by atoms with Crippen molar-refractivity contribution in [2.45, 2.75) is 17.9 Å². The summed E-state index contributed by atoms with van der Waals surface area (Å²) >= 11 is 1.61. The molecule has 9 nitrogen and oxygen atoms in total. The van der Waals surface area contributed by atoms with Crippen molar-refractivity contribution >= 4 is 39.4 Å². The van der Waals surface area contributed by atoms with Gasteiger partial charge in [0, 0.05) is 62.1 Å². The number of thiophene rings is 1. The second-order valence-corrected chi connectivity index (χ2v) is 10.7. The number of rotatable bonds is 10. The molecule has 0 amide bonds. The van der Waals surface area contributed by atoms with E-state index in [4.69, 9.17) is 0 Å². The second kappa shape index (κ2) is 12.4. The van der Waals surface area contributed by atoms with E-state index in [0.717, 1.165) is 48.9 Å². The van der Waals surface area contributed by atoms with E-state index in [9.17, 15) is 9.32 Å². The van der Waals surface area contributed by atoms with E-state index in [1.165, 1.54) is 0 Å². The molecule has 3 aromatic rings. The maximum atomic E-state index is 12.6. The molecule has 0 aliphatic carbocycles. The van der Waals surface area contributed by atoms with Crippen molar-refractivity contribution < 1.29 is 9.32 Å². The van der Waals surface area contributed by atoms with Gasteiger partial charge in [0.2, 0.25) is 5.95 Å². The molecular weight excluding hydrogens is 482 g/mol. The van der Waals surface area contributed by atoms with E-state index in [2.05, 4.69) is 41.8 Å². The maximum absolute atomic E-state index is 12.6. The molecule has 35 heavy (non-hydrogen) atoms. The van der Waals surface area contributed by atoms with Gasteiger partial charge < -0.3 is 29.2 Å². The van der Waals surface area contributed by atoms with Crippen molar-refractivity contribution in [1.82, 2.24) is 19.8 Å². The first kappa shape index (κ1) is 25.5. The lowest BCUT2D eigenvalue weighted by atomic mass is 10.2. The number of aliphatic hydroxyl groups is 1. The molecule has 4 rings (SSSR count). The zero-order valence-corrected chi connectivity index (χ0v) is 21.7. The quantitative estimate of drug-likeness (QED) is 0.353. The van der Waals surface area contributed by atoms with E-state index in [1.807, 2.05) is 48.7 Å². The number of nitrogens with zero attached hydrogens (tertiary/aromatic N) is 5. The Bertz CT molecular complexity index is 1160. The predicted molar refractivity (Wildman–Crippen MR) is 143 cm³/mol. The second-order valence-electron chi connectivity index (χ2n) is 8.56. The smallest absolute Gasteiger partial charge is 0.229 e. The van der Waals surface area contributed by atoms with E-state index < -0.39 is 10.6 Å². The van der Waals surface area contributed by atoms with Gasteiger partial charge in [-0.15, -0.1) is 11.3 Å². The van der Waals surface area contributed by atoms with Crippen LogP contribution < -0.4 is 10.6 Å². The summed E-state index contributed by atoms with van der Waals surface area (Å²) in [5.41, 5.74) is 1.67. The van der Waals surface area contributed by atoms with Crippen molar-refractivity contribution in [2.24, 2.45) is 4.36 Å². The lowest BCUT2D eigenvalue weighted by molar-refractivity contribution is 0.158. The highest BCUT2D eigenvalue weighted by atomic mass is 32.2. The molecule has 0 spiro atoms. The van der Waals surface area contributed by atoms with Crippen LogP contribution in [0.2, 0.25) is 0 Å². The van der Waals surface area contributed by atoms with Gasteiger partial charge in [-0.2, -0.15) is 15.6 Å². The SMILES string of the molecule is C[C@H](CO)Nc1nc(Nc2ccc([S-](=O)=NCCN3CCN(C)CC3)cc2)ncc1-c1cccs1. The van der Waals surface area contributed by atoms with E-state index in [-0.39, 0.29) is 12.6 Å².